The highest BCUT2D eigenvalue weighted by Crippen LogP contribution is 2.30. The fourth-order valence-corrected chi connectivity index (χ4v) is 3.17. The van der Waals surface area contributed by atoms with Gasteiger partial charge in [0, 0.05) is 6.04 Å². The molecule has 1 aromatic carbocycles. The van der Waals surface area contributed by atoms with E-state index < -0.39 is 11.5 Å². The highest BCUT2D eigenvalue weighted by molar-refractivity contribution is 5.80. The maximum absolute atomic E-state index is 11.9. The van der Waals surface area contributed by atoms with Crippen LogP contribution in [-0.4, -0.2) is 17.1 Å². The number of aliphatic carboxylic acids is 1. The number of rotatable bonds is 6. The summed E-state index contributed by atoms with van der Waals surface area (Å²) < 4.78 is 0. The number of hydrogen-bond acceptors (Lipinski definition) is 2. The topological polar surface area (TPSA) is 49.3 Å². The molecule has 2 rings (SSSR count). The minimum Gasteiger partial charge on any atom is -0.480 e. The Morgan fingerprint density at radius 1 is 1.25 bits per heavy atom. The number of benzene rings is 1. The van der Waals surface area contributed by atoms with Gasteiger partial charge < -0.3 is 5.11 Å². The van der Waals surface area contributed by atoms with Crippen LogP contribution in [0.4, 0.5) is 0 Å². The third-order valence-corrected chi connectivity index (χ3v) is 4.56. The molecule has 1 fully saturated rings. The number of nitrogens with one attached hydrogen (secondary N) is 1. The van der Waals surface area contributed by atoms with Crippen LogP contribution in [0, 0.1) is 0 Å². The van der Waals surface area contributed by atoms with E-state index in [0.29, 0.717) is 12.5 Å². The second kappa shape index (κ2) is 6.40. The fourth-order valence-electron chi connectivity index (χ4n) is 3.17. The smallest absolute Gasteiger partial charge is 0.328 e. The minimum atomic E-state index is -0.943. The Balaban J connectivity index is 2.30. The summed E-state index contributed by atoms with van der Waals surface area (Å²) in [4.78, 5) is 11.9. The van der Waals surface area contributed by atoms with E-state index in [2.05, 4.69) is 12.2 Å². The van der Waals surface area contributed by atoms with Crippen molar-refractivity contribution in [3.63, 3.8) is 0 Å². The van der Waals surface area contributed by atoms with E-state index >= 15 is 0 Å². The van der Waals surface area contributed by atoms with E-state index in [-0.39, 0.29) is 0 Å². The van der Waals surface area contributed by atoms with Gasteiger partial charge in [0.25, 0.3) is 0 Å². The van der Waals surface area contributed by atoms with Gasteiger partial charge in [-0.25, -0.2) is 4.79 Å². The second-order valence-corrected chi connectivity index (χ2v) is 5.74. The molecule has 3 heteroatoms. The third kappa shape index (κ3) is 2.88. The standard InChI is InChI=1S/C17H25NO2/c1-3-13-9-11-14(12-10-13)17(4-2,16(19)20)18-15-7-5-6-8-15/h9-12,15,18H,3-8H2,1-2H3,(H,19,20). The molecule has 0 radical (unpaired) electrons. The average molecular weight is 275 g/mol. The summed E-state index contributed by atoms with van der Waals surface area (Å²) in [6, 6.07) is 8.35. The van der Waals surface area contributed by atoms with Crippen molar-refractivity contribution in [2.45, 2.75) is 64.0 Å². The highest BCUT2D eigenvalue weighted by atomic mass is 16.4. The molecular weight excluding hydrogens is 250 g/mol. The van der Waals surface area contributed by atoms with Crippen LogP contribution in [0.2, 0.25) is 0 Å². The first-order valence-electron chi connectivity index (χ1n) is 7.73. The molecule has 0 aliphatic heterocycles. The molecule has 0 saturated heterocycles. The number of aryl methyl sites for hydroxylation is 1. The van der Waals surface area contributed by atoms with Crippen molar-refractivity contribution >= 4 is 5.97 Å². The Kier molecular flexibility index (Phi) is 4.81. The predicted molar refractivity (Wildman–Crippen MR) is 80.8 cm³/mol. The van der Waals surface area contributed by atoms with Crippen LogP contribution in [0.3, 0.4) is 0 Å². The van der Waals surface area contributed by atoms with Crippen LogP contribution in [0.25, 0.3) is 0 Å². The van der Waals surface area contributed by atoms with Crippen LogP contribution < -0.4 is 5.32 Å². The molecule has 1 aliphatic rings. The zero-order valence-corrected chi connectivity index (χ0v) is 12.5. The van der Waals surface area contributed by atoms with Crippen LogP contribution in [0.5, 0.6) is 0 Å². The summed E-state index contributed by atoms with van der Waals surface area (Å²) in [5.41, 5.74) is 1.17. The van der Waals surface area contributed by atoms with Gasteiger partial charge >= 0.3 is 5.97 Å². The number of carboxylic acids is 1. The molecule has 3 nitrogen and oxygen atoms in total. The van der Waals surface area contributed by atoms with Crippen molar-refractivity contribution in [3.05, 3.63) is 35.4 Å². The molecule has 1 saturated carbocycles. The van der Waals surface area contributed by atoms with Gasteiger partial charge in [-0.2, -0.15) is 0 Å². The largest absolute Gasteiger partial charge is 0.480 e. The van der Waals surface area contributed by atoms with Gasteiger partial charge in [0.15, 0.2) is 0 Å². The van der Waals surface area contributed by atoms with Gasteiger partial charge in [-0.15, -0.1) is 0 Å². The Bertz CT molecular complexity index is 449. The summed E-state index contributed by atoms with van der Waals surface area (Å²) in [5.74, 6) is -0.767. The van der Waals surface area contributed by atoms with Crippen molar-refractivity contribution in [3.8, 4) is 0 Å². The Morgan fingerprint density at radius 3 is 2.30 bits per heavy atom. The first-order valence-corrected chi connectivity index (χ1v) is 7.73. The normalized spacial score (nSPS) is 18.9. The molecule has 0 aromatic heterocycles. The van der Waals surface area contributed by atoms with E-state index in [0.717, 1.165) is 24.8 Å². The molecule has 20 heavy (non-hydrogen) atoms. The molecule has 0 heterocycles. The molecule has 0 bridgehead atoms. The van der Waals surface area contributed by atoms with Gasteiger partial charge in [0.2, 0.25) is 0 Å². The summed E-state index contributed by atoms with van der Waals surface area (Å²) in [6.07, 6.45) is 6.11. The lowest BCUT2D eigenvalue weighted by molar-refractivity contribution is -0.146. The number of hydrogen-bond donors (Lipinski definition) is 2. The molecule has 1 atom stereocenters. The van der Waals surface area contributed by atoms with Crippen molar-refractivity contribution in [2.24, 2.45) is 0 Å². The summed E-state index contributed by atoms with van der Waals surface area (Å²) in [5, 5.41) is 13.2. The lowest BCUT2D eigenvalue weighted by Gasteiger charge is -2.33. The molecule has 1 unspecified atom stereocenters. The monoisotopic (exact) mass is 275 g/mol. The average Bonchev–Trinajstić information content (AvgIpc) is 2.97. The van der Waals surface area contributed by atoms with E-state index in [1.165, 1.54) is 18.4 Å². The van der Waals surface area contributed by atoms with E-state index in [1.807, 2.05) is 31.2 Å². The van der Waals surface area contributed by atoms with E-state index in [4.69, 9.17) is 0 Å². The van der Waals surface area contributed by atoms with Crippen molar-refractivity contribution in [2.75, 3.05) is 0 Å². The minimum absolute atomic E-state index is 0.330. The zero-order valence-electron chi connectivity index (χ0n) is 12.5. The predicted octanol–water partition coefficient (Wildman–Crippen LogP) is 3.47. The maximum Gasteiger partial charge on any atom is 0.328 e. The summed E-state index contributed by atoms with van der Waals surface area (Å²) in [7, 11) is 0. The van der Waals surface area contributed by atoms with Gasteiger partial charge in [-0.05, 0) is 36.8 Å². The SMILES string of the molecule is CCc1ccc(C(CC)(NC2CCCC2)C(=O)O)cc1. The van der Waals surface area contributed by atoms with Crippen molar-refractivity contribution in [1.29, 1.82) is 0 Å². The van der Waals surface area contributed by atoms with Crippen LogP contribution in [-0.2, 0) is 16.8 Å². The Labute approximate surface area is 121 Å². The number of carbonyl (C=O) groups is 1. The van der Waals surface area contributed by atoms with Gasteiger partial charge in [-0.1, -0.05) is 51.0 Å². The van der Waals surface area contributed by atoms with Crippen LogP contribution in [0.1, 0.15) is 57.1 Å². The molecule has 1 aromatic rings. The summed E-state index contributed by atoms with van der Waals surface area (Å²) in [6.45, 7) is 4.06. The first kappa shape index (κ1) is 15.0. The molecular formula is C17H25NO2. The van der Waals surface area contributed by atoms with Crippen molar-refractivity contribution in [1.82, 2.24) is 5.32 Å². The lowest BCUT2D eigenvalue weighted by atomic mass is 9.85. The van der Waals surface area contributed by atoms with Gasteiger partial charge in [-0.3, -0.25) is 5.32 Å². The molecule has 2 N–H and O–H groups in total. The maximum atomic E-state index is 11.9. The molecule has 110 valence electrons. The highest BCUT2D eigenvalue weighted by Gasteiger charge is 2.40. The van der Waals surface area contributed by atoms with Gasteiger partial charge in [0.05, 0.1) is 0 Å². The molecule has 1 aliphatic carbocycles. The van der Waals surface area contributed by atoms with Crippen LogP contribution >= 0.6 is 0 Å². The van der Waals surface area contributed by atoms with Crippen molar-refractivity contribution < 1.29 is 9.90 Å². The molecule has 0 spiro atoms. The van der Waals surface area contributed by atoms with Crippen LogP contribution in [0.15, 0.2) is 24.3 Å². The Morgan fingerprint density at radius 2 is 1.85 bits per heavy atom. The van der Waals surface area contributed by atoms with E-state index in [9.17, 15) is 9.90 Å². The first-order chi connectivity index (χ1) is 9.62. The third-order valence-electron chi connectivity index (χ3n) is 4.56. The lowest BCUT2D eigenvalue weighted by Crippen LogP contribution is -2.52. The Hall–Kier alpha value is -1.35. The molecule has 0 amide bonds. The quantitative estimate of drug-likeness (QED) is 0.835. The second-order valence-electron chi connectivity index (χ2n) is 5.74. The summed E-state index contributed by atoms with van der Waals surface area (Å²) >= 11 is 0. The fraction of sp³-hybridized carbons (Fsp3) is 0.588. The van der Waals surface area contributed by atoms with Gasteiger partial charge in [0.1, 0.15) is 5.54 Å². The number of carboxylic acid groups (broad SMARTS) is 1. The van der Waals surface area contributed by atoms with E-state index in [1.54, 1.807) is 0 Å². The zero-order chi connectivity index (χ0) is 14.6.